The van der Waals surface area contributed by atoms with Gasteiger partial charge in [-0.25, -0.2) is 0 Å². The molecule has 1 aliphatic rings. The second-order valence-electron chi connectivity index (χ2n) is 10.7. The van der Waals surface area contributed by atoms with E-state index in [-0.39, 0.29) is 30.3 Å². The summed E-state index contributed by atoms with van der Waals surface area (Å²) in [7, 11) is 9.15. The lowest BCUT2D eigenvalue weighted by Crippen LogP contribution is -2.31. The van der Waals surface area contributed by atoms with Gasteiger partial charge in [-0.2, -0.15) is 9.28 Å². The summed E-state index contributed by atoms with van der Waals surface area (Å²) in [6, 6.07) is 9.52. The fourth-order valence-corrected chi connectivity index (χ4v) is 4.94. The molecule has 0 aliphatic carbocycles. The summed E-state index contributed by atoms with van der Waals surface area (Å²) in [4.78, 5) is 32.0. The van der Waals surface area contributed by atoms with E-state index in [1.54, 1.807) is 7.05 Å². The summed E-state index contributed by atoms with van der Waals surface area (Å²) < 4.78 is 10.1. The van der Waals surface area contributed by atoms with Crippen LogP contribution >= 0.6 is 16.1 Å². The number of ether oxygens (including phenoxy) is 1. The molecule has 0 radical (unpaired) electrons. The van der Waals surface area contributed by atoms with Gasteiger partial charge < -0.3 is 24.8 Å². The van der Waals surface area contributed by atoms with Crippen LogP contribution in [0.4, 0.5) is 11.4 Å². The highest BCUT2D eigenvalue weighted by Gasteiger charge is 2.31. The van der Waals surface area contributed by atoms with Crippen molar-refractivity contribution in [2.45, 2.75) is 32.7 Å². The molecule has 1 N–H and O–H groups in total. The van der Waals surface area contributed by atoms with Crippen molar-refractivity contribution >= 4 is 45.0 Å². The Morgan fingerprint density at radius 1 is 1.13 bits per heavy atom. The normalized spacial score (nSPS) is 13.7. The molecule has 202 valence electrons. The van der Waals surface area contributed by atoms with E-state index in [2.05, 4.69) is 25.5 Å². The highest BCUT2D eigenvalue weighted by atomic mass is 79.9. The zero-order valence-corrected chi connectivity index (χ0v) is 24.9. The number of carbonyl (C=O) groups is 2. The summed E-state index contributed by atoms with van der Waals surface area (Å²) in [6.45, 7) is 6.65. The number of benzene rings is 2. The van der Waals surface area contributed by atoms with Gasteiger partial charge in [-0.1, -0.05) is 20.8 Å². The van der Waals surface area contributed by atoms with Crippen LogP contribution < -0.4 is 19.9 Å². The summed E-state index contributed by atoms with van der Waals surface area (Å²) in [6.07, 6.45) is 0. The predicted octanol–water partition coefficient (Wildman–Crippen LogP) is 4.13. The molecule has 0 saturated heterocycles. The Morgan fingerprint density at radius 2 is 1.79 bits per heavy atom. The Hall–Kier alpha value is -3.58. The highest BCUT2D eigenvalue weighted by Crippen LogP contribution is 2.40. The van der Waals surface area contributed by atoms with Crippen LogP contribution in [0, 0.1) is 11.3 Å². The minimum atomic E-state index is -0.322. The first-order valence-electron chi connectivity index (χ1n) is 12.2. The molecule has 0 bridgehead atoms. The molecule has 10 heteroatoms. The van der Waals surface area contributed by atoms with Crippen molar-refractivity contribution in [3.63, 3.8) is 0 Å². The third-order valence-corrected chi connectivity index (χ3v) is 6.79. The van der Waals surface area contributed by atoms with Gasteiger partial charge in [0.2, 0.25) is 0 Å². The number of anilines is 2. The number of rotatable bonds is 8. The van der Waals surface area contributed by atoms with Crippen LogP contribution in [0.1, 0.15) is 58.2 Å². The number of nitrogens with zero attached hydrogens (tertiary/aromatic N) is 5. The third-order valence-electron chi connectivity index (χ3n) is 6.45. The zero-order valence-electron chi connectivity index (χ0n) is 23.3. The maximum atomic E-state index is 13.7. The predicted molar refractivity (Wildman–Crippen MR) is 155 cm³/mol. The molecule has 3 rings (SSSR count). The van der Waals surface area contributed by atoms with Crippen molar-refractivity contribution in [1.29, 1.82) is 5.26 Å². The van der Waals surface area contributed by atoms with Gasteiger partial charge in [-0.3, -0.25) is 9.59 Å². The summed E-state index contributed by atoms with van der Waals surface area (Å²) >= 11 is 3.24. The SMILES string of the molecule is CNC(=O)c1cc2c(cc1N(C)C)CN(CC(=O)c1cc(N(C)C)c(OCC#N)c(C(C)(C)C)c1)C2=NBr. The number of nitriles is 1. The van der Waals surface area contributed by atoms with E-state index < -0.39 is 0 Å². The fourth-order valence-electron chi connectivity index (χ4n) is 4.52. The Morgan fingerprint density at radius 3 is 2.32 bits per heavy atom. The molecule has 0 atom stereocenters. The van der Waals surface area contributed by atoms with Gasteiger partial charge in [0.1, 0.15) is 17.7 Å². The molecule has 0 unspecified atom stereocenters. The largest absolute Gasteiger partial charge is 0.476 e. The van der Waals surface area contributed by atoms with E-state index in [0.29, 0.717) is 29.3 Å². The fraction of sp³-hybridized carbons (Fsp3) is 0.429. The number of hydrogen-bond donors (Lipinski definition) is 1. The Balaban J connectivity index is 2.02. The molecule has 2 aromatic carbocycles. The third kappa shape index (κ3) is 5.78. The molecule has 0 fully saturated rings. The lowest BCUT2D eigenvalue weighted by molar-refractivity contribution is 0.0955. The lowest BCUT2D eigenvalue weighted by Gasteiger charge is -2.28. The van der Waals surface area contributed by atoms with E-state index >= 15 is 0 Å². The van der Waals surface area contributed by atoms with Crippen LogP contribution in [0.2, 0.25) is 0 Å². The van der Waals surface area contributed by atoms with Crippen LogP contribution in [0.25, 0.3) is 0 Å². The Labute approximate surface area is 233 Å². The molecule has 38 heavy (non-hydrogen) atoms. The van der Waals surface area contributed by atoms with Crippen molar-refractivity contribution in [3.05, 3.63) is 52.1 Å². The number of amidine groups is 1. The molecule has 1 heterocycles. The topological polar surface area (TPSA) is 101 Å². The molecular formula is C28H35BrN6O3. The van der Waals surface area contributed by atoms with Crippen LogP contribution in [-0.4, -0.2) is 70.8 Å². The first-order chi connectivity index (χ1) is 17.8. The smallest absolute Gasteiger partial charge is 0.253 e. The standard InChI is InChI=1S/C28H35BrN6O3/c1-28(2,3)21-11-17(12-23(34(7)8)25(21)38-10-9-30)24(36)16-35-15-18-13-22(33(5)6)20(27(37)31-4)14-19(18)26(35)32-29/h11-14H,10,15-16H2,1-8H3,(H,31,37). The van der Waals surface area contributed by atoms with Crippen molar-refractivity contribution in [3.8, 4) is 11.8 Å². The van der Waals surface area contributed by atoms with Crippen molar-refractivity contribution in [1.82, 2.24) is 10.2 Å². The molecule has 0 aromatic heterocycles. The van der Waals surface area contributed by atoms with E-state index in [1.807, 2.05) is 94.0 Å². The van der Waals surface area contributed by atoms with Crippen LogP contribution in [0.5, 0.6) is 5.75 Å². The van der Waals surface area contributed by atoms with Gasteiger partial charge in [0.05, 0.1) is 33.9 Å². The van der Waals surface area contributed by atoms with E-state index in [0.717, 1.165) is 28.1 Å². The number of nitrogens with one attached hydrogen (secondary N) is 1. The zero-order chi connectivity index (χ0) is 28.4. The van der Waals surface area contributed by atoms with Crippen LogP contribution in [-0.2, 0) is 12.0 Å². The maximum Gasteiger partial charge on any atom is 0.253 e. The molecular weight excluding hydrogens is 548 g/mol. The number of carbonyl (C=O) groups excluding carboxylic acids is 2. The highest BCUT2D eigenvalue weighted by molar-refractivity contribution is 9.08. The number of hydrogen-bond acceptors (Lipinski definition) is 7. The van der Waals surface area contributed by atoms with Gasteiger partial charge >= 0.3 is 0 Å². The molecule has 1 amide bonds. The number of halogens is 1. The van der Waals surface area contributed by atoms with Crippen molar-refractivity contribution in [2.75, 3.05) is 58.2 Å². The lowest BCUT2D eigenvalue weighted by atomic mass is 9.84. The average molecular weight is 584 g/mol. The molecule has 2 aromatic rings. The van der Waals surface area contributed by atoms with Gasteiger partial charge in [-0.15, -0.1) is 0 Å². The average Bonchev–Trinajstić information content (AvgIpc) is 3.20. The number of Topliss-reactive ketones (excluding diaryl/α,β-unsaturated/α-hetero) is 1. The second kappa shape index (κ2) is 11.4. The quantitative estimate of drug-likeness (QED) is 0.467. The second-order valence-corrected chi connectivity index (χ2v) is 11.0. The van der Waals surface area contributed by atoms with Gasteiger partial charge in [0.15, 0.2) is 12.4 Å². The first-order valence-corrected chi connectivity index (χ1v) is 12.9. The summed E-state index contributed by atoms with van der Waals surface area (Å²) in [5, 5.41) is 11.8. The molecule has 0 spiro atoms. The minimum absolute atomic E-state index is 0.0775. The Bertz CT molecular complexity index is 1320. The van der Waals surface area contributed by atoms with Crippen molar-refractivity contribution in [2.24, 2.45) is 4.02 Å². The minimum Gasteiger partial charge on any atom is -0.476 e. The van der Waals surface area contributed by atoms with Gasteiger partial charge in [0.25, 0.3) is 5.91 Å². The Kier molecular flexibility index (Phi) is 8.72. The number of fused-ring (bicyclic) bond motifs is 1. The molecule has 1 aliphatic heterocycles. The van der Waals surface area contributed by atoms with Crippen molar-refractivity contribution < 1.29 is 14.3 Å². The molecule has 9 nitrogen and oxygen atoms in total. The molecule has 0 saturated carbocycles. The maximum absolute atomic E-state index is 13.7. The summed E-state index contributed by atoms with van der Waals surface area (Å²) in [5.41, 5.74) is 4.94. The first kappa shape index (κ1) is 29.0. The van der Waals surface area contributed by atoms with E-state index in [1.165, 1.54) is 0 Å². The monoisotopic (exact) mass is 582 g/mol. The van der Waals surface area contributed by atoms with Crippen LogP contribution in [0.15, 0.2) is 28.3 Å². The summed E-state index contributed by atoms with van der Waals surface area (Å²) in [5.74, 6) is 0.937. The number of amides is 1. The number of ketones is 1. The van der Waals surface area contributed by atoms with Gasteiger partial charge in [0, 0.05) is 64.2 Å². The van der Waals surface area contributed by atoms with Gasteiger partial charge in [-0.05, 0) is 35.2 Å². The van der Waals surface area contributed by atoms with Crippen LogP contribution in [0.3, 0.4) is 0 Å². The van der Waals surface area contributed by atoms with E-state index in [9.17, 15) is 9.59 Å². The van der Waals surface area contributed by atoms with E-state index in [4.69, 9.17) is 10.00 Å².